The molecule has 0 aliphatic rings. The minimum absolute atomic E-state index is 0.134. The van der Waals surface area contributed by atoms with Gasteiger partial charge in [0.2, 0.25) is 0 Å². The number of aliphatic hydroxyl groups excluding tert-OH is 1. The Morgan fingerprint density at radius 2 is 2.29 bits per heavy atom. The lowest BCUT2D eigenvalue weighted by atomic mass is 10.0. The topological polar surface area (TPSA) is 46.5 Å². The zero-order valence-corrected chi connectivity index (χ0v) is 8.19. The molecule has 1 rings (SSSR count). The molecule has 0 aromatic heterocycles. The maximum atomic E-state index is 10.7. The number of methoxy groups -OCH3 is 1. The van der Waals surface area contributed by atoms with Gasteiger partial charge in [0.05, 0.1) is 7.11 Å². The molecule has 0 spiro atoms. The van der Waals surface area contributed by atoms with Gasteiger partial charge in [-0.15, -0.1) is 0 Å². The quantitative estimate of drug-likeness (QED) is 0.721. The van der Waals surface area contributed by atoms with Crippen LogP contribution in [0.5, 0.6) is 5.75 Å². The number of aldehydes is 1. The van der Waals surface area contributed by atoms with Crippen molar-refractivity contribution < 1.29 is 14.6 Å². The van der Waals surface area contributed by atoms with E-state index in [-0.39, 0.29) is 6.61 Å². The summed E-state index contributed by atoms with van der Waals surface area (Å²) in [7, 11) is 1.59. The number of hydrogen-bond donors (Lipinski definition) is 1. The van der Waals surface area contributed by atoms with Gasteiger partial charge in [-0.3, -0.25) is 4.79 Å². The second-order valence-corrected chi connectivity index (χ2v) is 3.01. The van der Waals surface area contributed by atoms with Gasteiger partial charge in [0.1, 0.15) is 12.0 Å². The highest BCUT2D eigenvalue weighted by Crippen LogP contribution is 2.17. The average Bonchev–Trinajstić information content (AvgIpc) is 2.25. The SMILES string of the molecule is COc1ccc(C=O)c(CCCO)c1. The molecule has 1 aromatic rings. The molecule has 0 amide bonds. The number of aliphatic hydroxyl groups is 1. The highest BCUT2D eigenvalue weighted by molar-refractivity contribution is 5.77. The van der Waals surface area contributed by atoms with Crippen molar-refractivity contribution in [3.63, 3.8) is 0 Å². The lowest BCUT2D eigenvalue weighted by molar-refractivity contribution is 0.112. The van der Waals surface area contributed by atoms with E-state index in [1.165, 1.54) is 0 Å². The van der Waals surface area contributed by atoms with Crippen LogP contribution >= 0.6 is 0 Å². The smallest absolute Gasteiger partial charge is 0.150 e. The normalized spacial score (nSPS) is 9.86. The highest BCUT2D eigenvalue weighted by Gasteiger charge is 2.03. The third kappa shape index (κ3) is 2.57. The van der Waals surface area contributed by atoms with Crippen LogP contribution in [0.1, 0.15) is 22.3 Å². The minimum atomic E-state index is 0.134. The second-order valence-electron chi connectivity index (χ2n) is 3.01. The van der Waals surface area contributed by atoms with E-state index in [1.807, 2.05) is 6.07 Å². The van der Waals surface area contributed by atoms with Crippen LogP contribution in [0.3, 0.4) is 0 Å². The van der Waals surface area contributed by atoms with Gasteiger partial charge >= 0.3 is 0 Å². The highest BCUT2D eigenvalue weighted by atomic mass is 16.5. The molecule has 14 heavy (non-hydrogen) atoms. The van der Waals surface area contributed by atoms with Crippen molar-refractivity contribution in [3.05, 3.63) is 29.3 Å². The fourth-order valence-corrected chi connectivity index (χ4v) is 1.31. The summed E-state index contributed by atoms with van der Waals surface area (Å²) >= 11 is 0. The summed E-state index contributed by atoms with van der Waals surface area (Å²) in [5.41, 5.74) is 1.59. The zero-order valence-electron chi connectivity index (χ0n) is 8.19. The Morgan fingerprint density at radius 1 is 1.50 bits per heavy atom. The summed E-state index contributed by atoms with van der Waals surface area (Å²) in [5.74, 6) is 0.739. The Hall–Kier alpha value is -1.35. The Bertz CT molecular complexity index is 307. The lowest BCUT2D eigenvalue weighted by Gasteiger charge is -2.06. The van der Waals surface area contributed by atoms with Crippen LogP contribution in [0.2, 0.25) is 0 Å². The van der Waals surface area contributed by atoms with Crippen LogP contribution in [0, 0.1) is 0 Å². The van der Waals surface area contributed by atoms with Crippen LogP contribution in [0.15, 0.2) is 18.2 Å². The van der Waals surface area contributed by atoms with Crippen molar-refractivity contribution in [1.29, 1.82) is 0 Å². The fraction of sp³-hybridized carbons (Fsp3) is 0.364. The van der Waals surface area contributed by atoms with Gasteiger partial charge in [0, 0.05) is 12.2 Å². The molecule has 0 atom stereocenters. The fourth-order valence-electron chi connectivity index (χ4n) is 1.31. The Balaban J connectivity index is 2.90. The lowest BCUT2D eigenvalue weighted by Crippen LogP contribution is -1.96. The van der Waals surface area contributed by atoms with E-state index in [0.29, 0.717) is 18.4 Å². The first-order valence-corrected chi connectivity index (χ1v) is 4.54. The molecule has 1 N–H and O–H groups in total. The molecule has 0 radical (unpaired) electrons. The second kappa shape index (κ2) is 5.40. The number of rotatable bonds is 5. The summed E-state index contributed by atoms with van der Waals surface area (Å²) < 4.78 is 5.06. The minimum Gasteiger partial charge on any atom is -0.497 e. The summed E-state index contributed by atoms with van der Waals surface area (Å²) in [4.78, 5) is 10.7. The largest absolute Gasteiger partial charge is 0.497 e. The van der Waals surface area contributed by atoms with Crippen molar-refractivity contribution in [1.82, 2.24) is 0 Å². The molecule has 0 aliphatic heterocycles. The Morgan fingerprint density at radius 3 is 2.86 bits per heavy atom. The third-order valence-electron chi connectivity index (χ3n) is 2.08. The van der Waals surface area contributed by atoms with Gasteiger partial charge in [-0.25, -0.2) is 0 Å². The van der Waals surface area contributed by atoms with Crippen LogP contribution in [0.25, 0.3) is 0 Å². The predicted molar refractivity (Wildman–Crippen MR) is 53.8 cm³/mol. The van der Waals surface area contributed by atoms with Gasteiger partial charge in [0.15, 0.2) is 0 Å². The molecule has 0 aliphatic carbocycles. The van der Waals surface area contributed by atoms with Crippen molar-refractivity contribution in [2.24, 2.45) is 0 Å². The maximum absolute atomic E-state index is 10.7. The maximum Gasteiger partial charge on any atom is 0.150 e. The summed E-state index contributed by atoms with van der Waals surface area (Å²) in [5, 5.41) is 8.70. The predicted octanol–water partition coefficient (Wildman–Crippen LogP) is 1.43. The molecular formula is C11H14O3. The number of aryl methyl sites for hydroxylation is 1. The average molecular weight is 194 g/mol. The van der Waals surface area contributed by atoms with Crippen LogP contribution in [-0.2, 0) is 6.42 Å². The molecule has 0 unspecified atom stereocenters. The van der Waals surface area contributed by atoms with Crippen molar-refractivity contribution in [2.45, 2.75) is 12.8 Å². The molecule has 3 nitrogen and oxygen atoms in total. The number of benzene rings is 1. The van der Waals surface area contributed by atoms with E-state index >= 15 is 0 Å². The summed E-state index contributed by atoms with van der Waals surface area (Å²) in [6.45, 7) is 0.134. The van der Waals surface area contributed by atoms with Crippen LogP contribution < -0.4 is 4.74 Å². The number of carbonyl (C=O) groups excluding carboxylic acids is 1. The van der Waals surface area contributed by atoms with Crippen LogP contribution in [0.4, 0.5) is 0 Å². The van der Waals surface area contributed by atoms with E-state index in [9.17, 15) is 4.79 Å². The molecule has 0 saturated heterocycles. The van der Waals surface area contributed by atoms with E-state index in [0.717, 1.165) is 17.6 Å². The van der Waals surface area contributed by atoms with Gasteiger partial charge in [-0.1, -0.05) is 0 Å². The third-order valence-corrected chi connectivity index (χ3v) is 2.08. The van der Waals surface area contributed by atoms with Gasteiger partial charge in [-0.05, 0) is 36.6 Å². The monoisotopic (exact) mass is 194 g/mol. The number of carbonyl (C=O) groups is 1. The van der Waals surface area contributed by atoms with Crippen molar-refractivity contribution in [3.8, 4) is 5.75 Å². The summed E-state index contributed by atoms with van der Waals surface area (Å²) in [6.07, 6.45) is 2.18. The van der Waals surface area contributed by atoms with Crippen molar-refractivity contribution in [2.75, 3.05) is 13.7 Å². The van der Waals surface area contributed by atoms with Crippen LogP contribution in [-0.4, -0.2) is 25.1 Å². The molecule has 3 heteroatoms. The molecule has 1 aromatic carbocycles. The number of ether oxygens (including phenoxy) is 1. The molecule has 0 saturated carbocycles. The van der Waals surface area contributed by atoms with Gasteiger partial charge in [0.25, 0.3) is 0 Å². The molecule has 76 valence electrons. The Labute approximate surface area is 83.3 Å². The molecular weight excluding hydrogens is 180 g/mol. The van der Waals surface area contributed by atoms with E-state index in [4.69, 9.17) is 9.84 Å². The first-order valence-electron chi connectivity index (χ1n) is 4.54. The molecule has 0 fully saturated rings. The van der Waals surface area contributed by atoms with E-state index < -0.39 is 0 Å². The Kier molecular flexibility index (Phi) is 4.13. The number of hydrogen-bond acceptors (Lipinski definition) is 3. The standard InChI is InChI=1S/C11H14O3/c1-14-11-5-4-10(8-13)9(7-11)3-2-6-12/h4-5,7-8,12H,2-3,6H2,1H3. The first kappa shape index (κ1) is 10.7. The summed E-state index contributed by atoms with van der Waals surface area (Å²) in [6, 6.07) is 5.32. The van der Waals surface area contributed by atoms with E-state index in [1.54, 1.807) is 19.2 Å². The zero-order chi connectivity index (χ0) is 10.4. The van der Waals surface area contributed by atoms with E-state index in [2.05, 4.69) is 0 Å². The van der Waals surface area contributed by atoms with Gasteiger partial charge in [-0.2, -0.15) is 0 Å². The first-order chi connectivity index (χ1) is 6.81. The van der Waals surface area contributed by atoms with Gasteiger partial charge < -0.3 is 9.84 Å². The van der Waals surface area contributed by atoms with Crippen molar-refractivity contribution >= 4 is 6.29 Å². The molecule has 0 bridgehead atoms. The molecule has 0 heterocycles.